The molecule has 0 spiro atoms. The monoisotopic (exact) mass is 293 g/mol. The average molecular weight is 293 g/mol. The molecule has 5 nitrogen and oxygen atoms in total. The van der Waals surface area contributed by atoms with Gasteiger partial charge in [0.15, 0.2) is 5.69 Å². The van der Waals surface area contributed by atoms with Crippen LogP contribution in [-0.2, 0) is 6.54 Å². The highest BCUT2D eigenvalue weighted by Crippen LogP contribution is 2.38. The highest BCUT2D eigenvalue weighted by atomic mass is 16.4. The number of hydrogen-bond donors (Lipinski definition) is 1. The van der Waals surface area contributed by atoms with E-state index in [1.165, 1.54) is 32.1 Å². The van der Waals surface area contributed by atoms with E-state index in [0.717, 1.165) is 37.4 Å². The van der Waals surface area contributed by atoms with Gasteiger partial charge < -0.3 is 5.11 Å². The van der Waals surface area contributed by atoms with E-state index < -0.39 is 5.97 Å². The molecule has 21 heavy (non-hydrogen) atoms. The summed E-state index contributed by atoms with van der Waals surface area (Å²) in [6.45, 7) is 5.07. The zero-order valence-corrected chi connectivity index (χ0v) is 13.2. The number of unbranched alkanes of at least 4 members (excludes halogenated alkanes) is 1. The topological polar surface area (TPSA) is 68.0 Å². The number of carboxylic acids is 1. The predicted octanol–water partition coefficient (Wildman–Crippen LogP) is 3.85. The van der Waals surface area contributed by atoms with Crippen molar-refractivity contribution in [3.05, 3.63) is 11.4 Å². The van der Waals surface area contributed by atoms with E-state index in [1.807, 2.05) is 4.68 Å². The molecule has 0 saturated heterocycles. The molecule has 1 aromatic rings. The Morgan fingerprint density at radius 2 is 1.95 bits per heavy atom. The molecule has 0 aliphatic heterocycles. The van der Waals surface area contributed by atoms with E-state index in [2.05, 4.69) is 24.2 Å². The lowest BCUT2D eigenvalue weighted by molar-refractivity contribution is 0.0687. The van der Waals surface area contributed by atoms with Gasteiger partial charge in [-0.15, -0.1) is 5.10 Å². The van der Waals surface area contributed by atoms with Crippen molar-refractivity contribution in [1.29, 1.82) is 0 Å². The van der Waals surface area contributed by atoms with Crippen molar-refractivity contribution in [2.24, 2.45) is 5.92 Å². The van der Waals surface area contributed by atoms with Crippen LogP contribution in [-0.4, -0.2) is 26.1 Å². The SMILES string of the molecule is CCCCC1CCC(c2c(C(=O)O)nnn2CCC)CC1. The molecule has 0 amide bonds. The number of nitrogens with zero attached hydrogens (tertiary/aromatic N) is 3. The summed E-state index contributed by atoms with van der Waals surface area (Å²) in [7, 11) is 0. The molecule has 1 heterocycles. The lowest BCUT2D eigenvalue weighted by Gasteiger charge is -2.28. The molecule has 0 aromatic carbocycles. The van der Waals surface area contributed by atoms with Gasteiger partial charge in [0.1, 0.15) is 0 Å². The summed E-state index contributed by atoms with van der Waals surface area (Å²) in [5, 5.41) is 17.3. The first-order valence-corrected chi connectivity index (χ1v) is 8.34. The van der Waals surface area contributed by atoms with E-state index >= 15 is 0 Å². The molecule has 1 aromatic heterocycles. The van der Waals surface area contributed by atoms with Gasteiger partial charge in [0, 0.05) is 12.5 Å². The Morgan fingerprint density at radius 1 is 1.24 bits per heavy atom. The highest BCUT2D eigenvalue weighted by molar-refractivity contribution is 5.86. The van der Waals surface area contributed by atoms with Crippen molar-refractivity contribution >= 4 is 5.97 Å². The summed E-state index contributed by atoms with van der Waals surface area (Å²) < 4.78 is 1.82. The maximum absolute atomic E-state index is 11.4. The fourth-order valence-corrected chi connectivity index (χ4v) is 3.47. The van der Waals surface area contributed by atoms with Crippen LogP contribution in [0, 0.1) is 5.92 Å². The summed E-state index contributed by atoms with van der Waals surface area (Å²) in [4.78, 5) is 11.4. The first kappa shape index (κ1) is 16.0. The highest BCUT2D eigenvalue weighted by Gasteiger charge is 2.29. The molecule has 2 rings (SSSR count). The molecule has 1 aliphatic carbocycles. The Kier molecular flexibility index (Phi) is 5.76. The number of carbonyl (C=O) groups is 1. The van der Waals surface area contributed by atoms with Gasteiger partial charge in [-0.3, -0.25) is 0 Å². The van der Waals surface area contributed by atoms with Crippen LogP contribution >= 0.6 is 0 Å². The normalized spacial score (nSPS) is 22.4. The van der Waals surface area contributed by atoms with Gasteiger partial charge in [-0.05, 0) is 38.0 Å². The Bertz CT molecular complexity index is 462. The standard InChI is InChI=1S/C16H27N3O2/c1-3-5-6-12-7-9-13(10-8-12)15-14(16(20)21)17-18-19(15)11-4-2/h12-13H,3-11H2,1-2H3,(H,20,21). The second kappa shape index (κ2) is 7.57. The lowest BCUT2D eigenvalue weighted by atomic mass is 9.78. The third kappa shape index (κ3) is 3.83. The van der Waals surface area contributed by atoms with Crippen LogP contribution in [0.5, 0.6) is 0 Å². The Hall–Kier alpha value is -1.39. The summed E-state index contributed by atoms with van der Waals surface area (Å²) >= 11 is 0. The third-order valence-electron chi connectivity index (χ3n) is 4.61. The second-order valence-corrected chi connectivity index (χ2v) is 6.21. The smallest absolute Gasteiger partial charge is 0.358 e. The minimum Gasteiger partial charge on any atom is -0.476 e. The van der Waals surface area contributed by atoms with E-state index in [4.69, 9.17) is 0 Å². The van der Waals surface area contributed by atoms with Gasteiger partial charge in [0.05, 0.1) is 5.69 Å². The molecule has 0 radical (unpaired) electrons. The number of aromatic nitrogens is 3. The zero-order valence-electron chi connectivity index (χ0n) is 13.2. The summed E-state index contributed by atoms with van der Waals surface area (Å²) in [5.74, 6) is 0.195. The summed E-state index contributed by atoms with van der Waals surface area (Å²) in [6.07, 6.45) is 9.41. The minimum absolute atomic E-state index is 0.167. The molecule has 1 aliphatic rings. The van der Waals surface area contributed by atoms with E-state index in [0.29, 0.717) is 5.92 Å². The molecule has 1 fully saturated rings. The van der Waals surface area contributed by atoms with Crippen LogP contribution in [0.25, 0.3) is 0 Å². The summed E-state index contributed by atoms with van der Waals surface area (Å²) in [6, 6.07) is 0. The van der Waals surface area contributed by atoms with Crippen LogP contribution in [0.4, 0.5) is 0 Å². The summed E-state index contributed by atoms with van der Waals surface area (Å²) in [5.41, 5.74) is 1.03. The zero-order chi connectivity index (χ0) is 15.2. The molecular formula is C16H27N3O2. The van der Waals surface area contributed by atoms with Gasteiger partial charge in [0.25, 0.3) is 0 Å². The van der Waals surface area contributed by atoms with Gasteiger partial charge in [0.2, 0.25) is 0 Å². The van der Waals surface area contributed by atoms with Gasteiger partial charge in [-0.2, -0.15) is 0 Å². The molecule has 0 unspecified atom stereocenters. The van der Waals surface area contributed by atoms with Crippen LogP contribution in [0.1, 0.15) is 87.3 Å². The molecule has 0 bridgehead atoms. The first-order valence-electron chi connectivity index (χ1n) is 8.34. The number of aryl methyl sites for hydroxylation is 1. The largest absolute Gasteiger partial charge is 0.476 e. The number of hydrogen-bond acceptors (Lipinski definition) is 3. The van der Waals surface area contributed by atoms with Crippen molar-refractivity contribution in [1.82, 2.24) is 15.0 Å². The van der Waals surface area contributed by atoms with Crippen molar-refractivity contribution in [3.63, 3.8) is 0 Å². The van der Waals surface area contributed by atoms with Crippen molar-refractivity contribution in [2.45, 2.75) is 77.7 Å². The molecule has 118 valence electrons. The van der Waals surface area contributed by atoms with Crippen molar-refractivity contribution in [3.8, 4) is 0 Å². The first-order chi connectivity index (χ1) is 10.2. The molecular weight excluding hydrogens is 266 g/mol. The maximum Gasteiger partial charge on any atom is 0.358 e. The molecule has 0 atom stereocenters. The van der Waals surface area contributed by atoms with Crippen LogP contribution < -0.4 is 0 Å². The van der Waals surface area contributed by atoms with Gasteiger partial charge in [-0.1, -0.05) is 38.3 Å². The van der Waals surface area contributed by atoms with Crippen molar-refractivity contribution in [2.75, 3.05) is 0 Å². The van der Waals surface area contributed by atoms with Crippen LogP contribution in [0.2, 0.25) is 0 Å². The average Bonchev–Trinajstić information content (AvgIpc) is 2.90. The van der Waals surface area contributed by atoms with E-state index in [9.17, 15) is 9.90 Å². The van der Waals surface area contributed by atoms with Gasteiger partial charge in [-0.25, -0.2) is 9.48 Å². The van der Waals surface area contributed by atoms with Crippen molar-refractivity contribution < 1.29 is 9.90 Å². The van der Waals surface area contributed by atoms with Crippen LogP contribution in [0.3, 0.4) is 0 Å². The quantitative estimate of drug-likeness (QED) is 0.829. The number of aromatic carboxylic acids is 1. The van der Waals surface area contributed by atoms with E-state index in [-0.39, 0.29) is 5.69 Å². The fourth-order valence-electron chi connectivity index (χ4n) is 3.47. The Morgan fingerprint density at radius 3 is 2.52 bits per heavy atom. The van der Waals surface area contributed by atoms with E-state index in [1.54, 1.807) is 0 Å². The fraction of sp³-hybridized carbons (Fsp3) is 0.812. The Balaban J connectivity index is 2.08. The lowest BCUT2D eigenvalue weighted by Crippen LogP contribution is -2.19. The number of rotatable bonds is 7. The Labute approximate surface area is 126 Å². The maximum atomic E-state index is 11.4. The van der Waals surface area contributed by atoms with Gasteiger partial charge >= 0.3 is 5.97 Å². The second-order valence-electron chi connectivity index (χ2n) is 6.21. The minimum atomic E-state index is -0.944. The van der Waals surface area contributed by atoms with Crippen LogP contribution in [0.15, 0.2) is 0 Å². The number of carboxylic acid groups (broad SMARTS) is 1. The predicted molar refractivity (Wildman–Crippen MR) is 81.5 cm³/mol. The molecule has 1 saturated carbocycles. The molecule has 5 heteroatoms. The molecule has 1 N–H and O–H groups in total. The third-order valence-corrected chi connectivity index (χ3v) is 4.61.